The van der Waals surface area contributed by atoms with Crippen LogP contribution in [0.5, 0.6) is 0 Å². The van der Waals surface area contributed by atoms with Gasteiger partial charge in [-0.05, 0) is 54.0 Å². The summed E-state index contributed by atoms with van der Waals surface area (Å²) in [6.45, 7) is 5.21. The first-order valence-electron chi connectivity index (χ1n) is 9.46. The van der Waals surface area contributed by atoms with Crippen molar-refractivity contribution in [2.45, 2.75) is 51.5 Å². The maximum absolute atomic E-state index is 13.0. The molecule has 1 aliphatic carbocycles. The molecular formula is C22H23N3O. The molecule has 4 heteroatoms. The highest BCUT2D eigenvalue weighted by molar-refractivity contribution is 5.78. The van der Waals surface area contributed by atoms with Crippen LogP contribution in [0.15, 0.2) is 47.4 Å². The Hall–Kier alpha value is -2.49. The Morgan fingerprint density at radius 1 is 1.15 bits per heavy atom. The van der Waals surface area contributed by atoms with E-state index in [1.54, 1.807) is 0 Å². The van der Waals surface area contributed by atoms with E-state index in [4.69, 9.17) is 4.98 Å². The lowest BCUT2D eigenvalue weighted by Crippen LogP contribution is -2.36. The van der Waals surface area contributed by atoms with Crippen molar-refractivity contribution < 1.29 is 0 Å². The van der Waals surface area contributed by atoms with E-state index in [0.29, 0.717) is 11.8 Å². The number of pyridine rings is 1. The van der Waals surface area contributed by atoms with Crippen LogP contribution < -0.4 is 5.56 Å². The van der Waals surface area contributed by atoms with Gasteiger partial charge >= 0.3 is 0 Å². The minimum atomic E-state index is 0.112. The first-order chi connectivity index (χ1) is 12.5. The SMILES string of the molecule is CC1(C)CCc2nc3cc(C4CC4c4ccccn4)ccc3c(=O)n2C1. The quantitative estimate of drug-likeness (QED) is 0.704. The van der Waals surface area contributed by atoms with Crippen molar-refractivity contribution in [3.63, 3.8) is 0 Å². The van der Waals surface area contributed by atoms with Crippen LogP contribution in [0.25, 0.3) is 10.9 Å². The fourth-order valence-corrected chi connectivity index (χ4v) is 4.31. The normalized spacial score (nSPS) is 23.6. The maximum atomic E-state index is 13.0. The fourth-order valence-electron chi connectivity index (χ4n) is 4.31. The standard InChI is InChI=1S/C22H23N3O/c1-22(2)9-8-20-24-19-11-14(6-7-15(19)21(26)25(20)13-22)16-12-17(16)18-5-3-4-10-23-18/h3-7,10-11,16-17H,8-9,12-13H2,1-2H3. The first-order valence-corrected chi connectivity index (χ1v) is 9.46. The van der Waals surface area contributed by atoms with Crippen LogP contribution in [0.4, 0.5) is 0 Å². The molecule has 1 aromatic carbocycles. The molecular weight excluding hydrogens is 322 g/mol. The van der Waals surface area contributed by atoms with Gasteiger partial charge in [0.25, 0.3) is 5.56 Å². The Balaban J connectivity index is 1.53. The number of benzene rings is 1. The summed E-state index contributed by atoms with van der Waals surface area (Å²) in [6, 6.07) is 12.3. The molecule has 1 aliphatic heterocycles. The van der Waals surface area contributed by atoms with Gasteiger partial charge in [0.1, 0.15) is 5.82 Å². The van der Waals surface area contributed by atoms with Gasteiger partial charge in [-0.1, -0.05) is 26.0 Å². The van der Waals surface area contributed by atoms with Crippen molar-refractivity contribution in [1.29, 1.82) is 0 Å². The van der Waals surface area contributed by atoms with Crippen LogP contribution in [-0.2, 0) is 13.0 Å². The van der Waals surface area contributed by atoms with E-state index >= 15 is 0 Å². The molecule has 26 heavy (non-hydrogen) atoms. The molecule has 2 atom stereocenters. The Kier molecular flexibility index (Phi) is 3.33. The number of aryl methyl sites for hydroxylation is 1. The molecule has 0 N–H and O–H groups in total. The third kappa shape index (κ3) is 2.56. The summed E-state index contributed by atoms with van der Waals surface area (Å²) >= 11 is 0. The summed E-state index contributed by atoms with van der Waals surface area (Å²) in [7, 11) is 0. The van der Waals surface area contributed by atoms with E-state index in [-0.39, 0.29) is 11.0 Å². The Morgan fingerprint density at radius 3 is 2.85 bits per heavy atom. The molecule has 1 saturated carbocycles. The smallest absolute Gasteiger partial charge is 0.261 e. The van der Waals surface area contributed by atoms with E-state index in [1.165, 1.54) is 11.3 Å². The zero-order chi connectivity index (χ0) is 17.9. The van der Waals surface area contributed by atoms with Crippen LogP contribution in [-0.4, -0.2) is 14.5 Å². The van der Waals surface area contributed by atoms with Crippen LogP contribution in [0.1, 0.15) is 55.6 Å². The van der Waals surface area contributed by atoms with Crippen molar-refractivity contribution in [2.24, 2.45) is 5.41 Å². The molecule has 0 saturated heterocycles. The zero-order valence-electron chi connectivity index (χ0n) is 15.3. The lowest BCUT2D eigenvalue weighted by molar-refractivity contribution is 0.240. The number of aromatic nitrogens is 3. The molecule has 3 aromatic rings. The number of hydrogen-bond donors (Lipinski definition) is 0. The molecule has 2 unspecified atom stereocenters. The van der Waals surface area contributed by atoms with E-state index in [0.717, 1.165) is 42.5 Å². The van der Waals surface area contributed by atoms with E-state index < -0.39 is 0 Å². The van der Waals surface area contributed by atoms with Gasteiger partial charge in [-0.3, -0.25) is 14.3 Å². The van der Waals surface area contributed by atoms with Gasteiger partial charge < -0.3 is 0 Å². The second-order valence-electron chi connectivity index (χ2n) is 8.56. The Morgan fingerprint density at radius 2 is 2.04 bits per heavy atom. The summed E-state index contributed by atoms with van der Waals surface area (Å²) in [6.07, 6.45) is 4.94. The molecule has 0 spiro atoms. The molecule has 3 heterocycles. The summed E-state index contributed by atoms with van der Waals surface area (Å²) in [5.74, 6) is 1.93. The van der Waals surface area contributed by atoms with Crippen molar-refractivity contribution in [3.8, 4) is 0 Å². The maximum Gasteiger partial charge on any atom is 0.261 e. The third-order valence-electron chi connectivity index (χ3n) is 5.96. The van der Waals surface area contributed by atoms with Gasteiger partial charge in [0.05, 0.1) is 10.9 Å². The molecule has 5 rings (SSSR count). The topological polar surface area (TPSA) is 47.8 Å². The lowest BCUT2D eigenvalue weighted by atomic mass is 9.85. The monoisotopic (exact) mass is 345 g/mol. The molecule has 0 radical (unpaired) electrons. The predicted molar refractivity (Wildman–Crippen MR) is 102 cm³/mol. The summed E-state index contributed by atoms with van der Waals surface area (Å²) in [4.78, 5) is 22.3. The molecule has 132 valence electrons. The van der Waals surface area contributed by atoms with Gasteiger partial charge in [0.2, 0.25) is 0 Å². The zero-order valence-corrected chi connectivity index (χ0v) is 15.3. The molecule has 0 bridgehead atoms. The summed E-state index contributed by atoms with van der Waals surface area (Å²) in [5.41, 5.74) is 3.57. The van der Waals surface area contributed by atoms with E-state index in [9.17, 15) is 4.79 Å². The predicted octanol–water partition coefficient (Wildman–Crippen LogP) is 4.04. The minimum absolute atomic E-state index is 0.112. The average Bonchev–Trinajstić information content (AvgIpc) is 3.43. The summed E-state index contributed by atoms with van der Waals surface area (Å²) in [5, 5.41) is 0.741. The lowest BCUT2D eigenvalue weighted by Gasteiger charge is -2.31. The van der Waals surface area contributed by atoms with Crippen LogP contribution in [0.2, 0.25) is 0 Å². The van der Waals surface area contributed by atoms with Crippen molar-refractivity contribution in [3.05, 3.63) is 70.0 Å². The van der Waals surface area contributed by atoms with Crippen molar-refractivity contribution >= 4 is 10.9 Å². The fraction of sp³-hybridized carbons (Fsp3) is 0.409. The van der Waals surface area contributed by atoms with Gasteiger partial charge in [0.15, 0.2) is 0 Å². The molecule has 2 aromatic heterocycles. The highest BCUT2D eigenvalue weighted by Gasteiger charge is 2.40. The number of rotatable bonds is 2. The number of nitrogens with zero attached hydrogens (tertiary/aromatic N) is 3. The van der Waals surface area contributed by atoms with Gasteiger partial charge in [-0.25, -0.2) is 4.98 Å². The first kappa shape index (κ1) is 15.7. The third-order valence-corrected chi connectivity index (χ3v) is 5.96. The average molecular weight is 345 g/mol. The second-order valence-corrected chi connectivity index (χ2v) is 8.56. The molecule has 4 nitrogen and oxygen atoms in total. The highest BCUT2D eigenvalue weighted by Crippen LogP contribution is 2.54. The van der Waals surface area contributed by atoms with Crippen LogP contribution >= 0.6 is 0 Å². The molecule has 0 amide bonds. The van der Waals surface area contributed by atoms with Crippen molar-refractivity contribution in [2.75, 3.05) is 0 Å². The Bertz CT molecular complexity index is 1050. The molecule has 1 fully saturated rings. The van der Waals surface area contributed by atoms with Gasteiger partial charge in [-0.2, -0.15) is 0 Å². The summed E-state index contributed by atoms with van der Waals surface area (Å²) < 4.78 is 1.89. The van der Waals surface area contributed by atoms with Crippen LogP contribution in [0, 0.1) is 5.41 Å². The molecule has 2 aliphatic rings. The van der Waals surface area contributed by atoms with E-state index in [1.807, 2.05) is 29.0 Å². The van der Waals surface area contributed by atoms with Gasteiger partial charge in [-0.15, -0.1) is 0 Å². The largest absolute Gasteiger partial charge is 0.296 e. The van der Waals surface area contributed by atoms with E-state index in [2.05, 4.69) is 37.0 Å². The van der Waals surface area contributed by atoms with Crippen LogP contribution in [0.3, 0.4) is 0 Å². The Labute approximate surface area is 152 Å². The number of hydrogen-bond acceptors (Lipinski definition) is 3. The highest BCUT2D eigenvalue weighted by atomic mass is 16.1. The van der Waals surface area contributed by atoms with Gasteiger partial charge in [0, 0.05) is 30.8 Å². The van der Waals surface area contributed by atoms with Crippen molar-refractivity contribution in [1.82, 2.24) is 14.5 Å². The number of fused-ring (bicyclic) bond motifs is 2. The second kappa shape index (κ2) is 5.50. The minimum Gasteiger partial charge on any atom is -0.296 e.